The lowest BCUT2D eigenvalue weighted by atomic mass is 10.0. The smallest absolute Gasteiger partial charge is 0.258 e. The number of nitrogens with zero attached hydrogens (tertiary/aromatic N) is 3. The molecule has 6 nitrogen and oxygen atoms in total. The zero-order chi connectivity index (χ0) is 17.2. The number of rotatable bonds is 3. The summed E-state index contributed by atoms with van der Waals surface area (Å²) in [6, 6.07) is 17.5. The monoisotopic (exact) mass is 329 g/mol. The van der Waals surface area contributed by atoms with Crippen molar-refractivity contribution in [1.82, 2.24) is 20.2 Å². The van der Waals surface area contributed by atoms with E-state index in [1.54, 1.807) is 6.07 Å². The van der Waals surface area contributed by atoms with Crippen LogP contribution in [0.5, 0.6) is 0 Å². The first kappa shape index (κ1) is 15.0. The van der Waals surface area contributed by atoms with E-state index in [4.69, 9.17) is 4.98 Å². The highest BCUT2D eigenvalue weighted by molar-refractivity contribution is 6.12. The van der Waals surface area contributed by atoms with Gasteiger partial charge in [-0.2, -0.15) is 10.1 Å². The number of carbonyl (C=O) groups excluding carboxylic acids is 1. The molecule has 25 heavy (non-hydrogen) atoms. The Morgan fingerprint density at radius 2 is 1.88 bits per heavy atom. The quantitative estimate of drug-likeness (QED) is 0.602. The summed E-state index contributed by atoms with van der Waals surface area (Å²) in [4.78, 5) is 21.4. The summed E-state index contributed by atoms with van der Waals surface area (Å²) in [6.07, 6.45) is 1.35. The number of anilines is 1. The number of hydrogen-bond acceptors (Lipinski definition) is 4. The second kappa shape index (κ2) is 6.16. The number of pyridine rings is 1. The van der Waals surface area contributed by atoms with Crippen molar-refractivity contribution in [1.29, 1.82) is 0 Å². The minimum absolute atomic E-state index is 0.260. The van der Waals surface area contributed by atoms with Crippen LogP contribution in [0.15, 0.2) is 60.9 Å². The molecular weight excluding hydrogens is 314 g/mol. The molecule has 0 aliphatic heterocycles. The van der Waals surface area contributed by atoms with Crippen molar-refractivity contribution in [3.05, 3.63) is 72.1 Å². The highest BCUT2D eigenvalue weighted by Gasteiger charge is 2.15. The second-order valence-corrected chi connectivity index (χ2v) is 5.73. The van der Waals surface area contributed by atoms with Crippen LogP contribution in [0.25, 0.3) is 22.2 Å². The molecule has 0 saturated heterocycles. The molecule has 2 N–H and O–H groups in total. The number of carbonyl (C=O) groups is 1. The van der Waals surface area contributed by atoms with Gasteiger partial charge in [-0.3, -0.25) is 10.1 Å². The van der Waals surface area contributed by atoms with Gasteiger partial charge in [-0.15, -0.1) is 0 Å². The standard InChI is InChI=1S/C19H15N5O/c1-12-6-8-13(9-7-12)17-10-15(14-4-2-3-5-16(14)22-17)18(25)23-19-20-11-21-24-19/h2-11H,1H3,(H2,20,21,23,24,25). The topological polar surface area (TPSA) is 83.6 Å². The Balaban J connectivity index is 1.84. The summed E-state index contributed by atoms with van der Waals surface area (Å²) in [7, 11) is 0. The molecule has 0 unspecified atom stereocenters. The molecule has 0 radical (unpaired) electrons. The molecule has 2 aromatic heterocycles. The van der Waals surface area contributed by atoms with Crippen molar-refractivity contribution < 1.29 is 4.79 Å². The zero-order valence-corrected chi connectivity index (χ0v) is 13.5. The van der Waals surface area contributed by atoms with Crippen molar-refractivity contribution in [2.45, 2.75) is 6.92 Å². The van der Waals surface area contributed by atoms with Crippen LogP contribution >= 0.6 is 0 Å². The summed E-state index contributed by atoms with van der Waals surface area (Å²) < 4.78 is 0. The molecule has 0 bridgehead atoms. The van der Waals surface area contributed by atoms with Gasteiger partial charge in [0.05, 0.1) is 16.8 Å². The number of aryl methyl sites for hydroxylation is 1. The normalized spacial score (nSPS) is 10.8. The number of para-hydroxylation sites is 1. The molecule has 2 aromatic carbocycles. The van der Waals surface area contributed by atoms with Crippen molar-refractivity contribution >= 4 is 22.8 Å². The van der Waals surface area contributed by atoms with Gasteiger partial charge in [0, 0.05) is 10.9 Å². The first-order chi connectivity index (χ1) is 12.2. The summed E-state index contributed by atoms with van der Waals surface area (Å²) in [6.45, 7) is 2.04. The van der Waals surface area contributed by atoms with E-state index in [0.29, 0.717) is 11.5 Å². The van der Waals surface area contributed by atoms with Crippen LogP contribution in [0, 0.1) is 6.92 Å². The molecule has 0 fully saturated rings. The molecule has 6 heteroatoms. The van der Waals surface area contributed by atoms with Crippen LogP contribution in [0.3, 0.4) is 0 Å². The molecule has 2 heterocycles. The Kier molecular flexibility index (Phi) is 3.70. The van der Waals surface area contributed by atoms with E-state index < -0.39 is 0 Å². The summed E-state index contributed by atoms with van der Waals surface area (Å²) in [5, 5.41) is 9.88. The molecule has 0 spiro atoms. The number of amides is 1. The van der Waals surface area contributed by atoms with Crippen LogP contribution in [0.2, 0.25) is 0 Å². The number of aromatic amines is 1. The molecule has 1 amide bonds. The maximum Gasteiger partial charge on any atom is 0.258 e. The predicted octanol–water partition coefficient (Wildman–Crippen LogP) is 3.58. The number of benzene rings is 2. The highest BCUT2D eigenvalue weighted by atomic mass is 16.1. The molecule has 0 saturated carbocycles. The third-order valence-electron chi connectivity index (χ3n) is 3.96. The van der Waals surface area contributed by atoms with Gasteiger partial charge in [0.25, 0.3) is 5.91 Å². The van der Waals surface area contributed by atoms with E-state index >= 15 is 0 Å². The Morgan fingerprint density at radius 1 is 1.08 bits per heavy atom. The molecular formula is C19H15N5O. The Hall–Kier alpha value is -3.54. The van der Waals surface area contributed by atoms with Crippen molar-refractivity contribution in [2.75, 3.05) is 5.32 Å². The number of hydrogen-bond donors (Lipinski definition) is 2. The van der Waals surface area contributed by atoms with Gasteiger partial charge in [0.2, 0.25) is 5.95 Å². The molecule has 0 aliphatic carbocycles. The average Bonchev–Trinajstić information content (AvgIpc) is 3.14. The van der Waals surface area contributed by atoms with E-state index in [2.05, 4.69) is 20.5 Å². The van der Waals surface area contributed by atoms with E-state index in [0.717, 1.165) is 22.2 Å². The predicted molar refractivity (Wildman–Crippen MR) is 96.3 cm³/mol. The minimum Gasteiger partial charge on any atom is -0.291 e. The Morgan fingerprint density at radius 3 is 2.64 bits per heavy atom. The van der Waals surface area contributed by atoms with Crippen molar-refractivity contribution in [3.8, 4) is 11.3 Å². The molecule has 122 valence electrons. The fourth-order valence-electron chi connectivity index (χ4n) is 2.68. The third kappa shape index (κ3) is 2.97. The van der Waals surface area contributed by atoms with Crippen LogP contribution in [-0.2, 0) is 0 Å². The van der Waals surface area contributed by atoms with E-state index in [9.17, 15) is 4.79 Å². The lowest BCUT2D eigenvalue weighted by Crippen LogP contribution is -2.14. The third-order valence-corrected chi connectivity index (χ3v) is 3.96. The van der Waals surface area contributed by atoms with E-state index in [1.807, 2.05) is 55.5 Å². The van der Waals surface area contributed by atoms with Gasteiger partial charge in [-0.25, -0.2) is 10.1 Å². The number of fused-ring (bicyclic) bond motifs is 1. The zero-order valence-electron chi connectivity index (χ0n) is 13.5. The first-order valence-electron chi connectivity index (χ1n) is 7.84. The highest BCUT2D eigenvalue weighted by Crippen LogP contribution is 2.25. The lowest BCUT2D eigenvalue weighted by molar-refractivity contribution is 0.102. The van der Waals surface area contributed by atoms with Crippen LogP contribution in [0.4, 0.5) is 5.95 Å². The summed E-state index contributed by atoms with van der Waals surface area (Å²) in [5.74, 6) is 0.0477. The Bertz CT molecular complexity index is 1040. The van der Waals surface area contributed by atoms with E-state index in [1.165, 1.54) is 11.9 Å². The number of H-pyrrole nitrogens is 1. The first-order valence-corrected chi connectivity index (χ1v) is 7.84. The lowest BCUT2D eigenvalue weighted by Gasteiger charge is -2.09. The molecule has 4 aromatic rings. The maximum atomic E-state index is 12.7. The van der Waals surface area contributed by atoms with Crippen molar-refractivity contribution in [2.24, 2.45) is 0 Å². The van der Waals surface area contributed by atoms with Gasteiger partial charge in [0.15, 0.2) is 0 Å². The summed E-state index contributed by atoms with van der Waals surface area (Å²) in [5.41, 5.74) is 4.19. The number of nitrogens with one attached hydrogen (secondary N) is 2. The largest absolute Gasteiger partial charge is 0.291 e. The van der Waals surface area contributed by atoms with Crippen LogP contribution < -0.4 is 5.32 Å². The van der Waals surface area contributed by atoms with Crippen LogP contribution in [-0.4, -0.2) is 26.1 Å². The summed E-state index contributed by atoms with van der Waals surface area (Å²) >= 11 is 0. The maximum absolute atomic E-state index is 12.7. The van der Waals surface area contributed by atoms with E-state index in [-0.39, 0.29) is 5.91 Å². The van der Waals surface area contributed by atoms with Gasteiger partial charge in [-0.05, 0) is 19.1 Å². The molecule has 0 atom stereocenters. The minimum atomic E-state index is -0.260. The Labute approximate surface area is 144 Å². The fourth-order valence-corrected chi connectivity index (χ4v) is 2.68. The second-order valence-electron chi connectivity index (χ2n) is 5.73. The SMILES string of the molecule is Cc1ccc(-c2cc(C(=O)Nc3ncn[nH]3)c3ccccc3n2)cc1. The van der Waals surface area contributed by atoms with Gasteiger partial charge in [0.1, 0.15) is 6.33 Å². The van der Waals surface area contributed by atoms with Gasteiger partial charge < -0.3 is 0 Å². The fraction of sp³-hybridized carbons (Fsp3) is 0.0526. The van der Waals surface area contributed by atoms with Gasteiger partial charge >= 0.3 is 0 Å². The average molecular weight is 329 g/mol. The molecule has 4 rings (SSSR count). The van der Waals surface area contributed by atoms with Crippen LogP contribution in [0.1, 0.15) is 15.9 Å². The molecule has 0 aliphatic rings. The number of aromatic nitrogens is 4. The van der Waals surface area contributed by atoms with Gasteiger partial charge in [-0.1, -0.05) is 48.0 Å². The van der Waals surface area contributed by atoms with Crippen molar-refractivity contribution in [3.63, 3.8) is 0 Å².